The monoisotopic (exact) mass is 359 g/mol. The standard InChI is InChI=1S/C14H11Cl2NO4S/c1-7-4-9(15)2-3-11(7)17-22(21)12-6-8(14(19)20)5-10(16)13(12)18/h2-6,17-18H,1H3,(H,19,20). The predicted molar refractivity (Wildman–Crippen MR) is 86.3 cm³/mol. The van der Waals surface area contributed by atoms with E-state index in [0.717, 1.165) is 17.7 Å². The van der Waals surface area contributed by atoms with Gasteiger partial charge in [-0.3, -0.25) is 0 Å². The molecule has 3 N–H and O–H groups in total. The lowest BCUT2D eigenvalue weighted by Gasteiger charge is -2.11. The zero-order valence-corrected chi connectivity index (χ0v) is 13.6. The van der Waals surface area contributed by atoms with Crippen LogP contribution < -0.4 is 4.72 Å². The largest absolute Gasteiger partial charge is 0.505 e. The summed E-state index contributed by atoms with van der Waals surface area (Å²) in [7, 11) is -1.89. The highest BCUT2D eigenvalue weighted by Gasteiger charge is 2.18. The van der Waals surface area contributed by atoms with Gasteiger partial charge in [-0.15, -0.1) is 0 Å². The minimum absolute atomic E-state index is 0.112. The van der Waals surface area contributed by atoms with Crippen LogP contribution in [0.3, 0.4) is 0 Å². The van der Waals surface area contributed by atoms with E-state index in [-0.39, 0.29) is 15.5 Å². The minimum atomic E-state index is -1.89. The quantitative estimate of drug-likeness (QED) is 0.773. The number of aromatic hydroxyl groups is 1. The van der Waals surface area contributed by atoms with Gasteiger partial charge >= 0.3 is 5.97 Å². The topological polar surface area (TPSA) is 86.6 Å². The van der Waals surface area contributed by atoms with Gasteiger partial charge in [0, 0.05) is 10.7 Å². The molecule has 1 atom stereocenters. The number of rotatable bonds is 4. The lowest BCUT2D eigenvalue weighted by molar-refractivity contribution is 0.0696. The molecule has 22 heavy (non-hydrogen) atoms. The number of phenolic OH excluding ortho intramolecular Hbond substituents is 1. The smallest absolute Gasteiger partial charge is 0.335 e. The fourth-order valence-corrected chi connectivity index (χ4v) is 3.30. The first-order chi connectivity index (χ1) is 10.3. The Morgan fingerprint density at radius 3 is 2.50 bits per heavy atom. The van der Waals surface area contributed by atoms with Crippen molar-refractivity contribution in [3.63, 3.8) is 0 Å². The third kappa shape index (κ3) is 3.52. The molecular weight excluding hydrogens is 349 g/mol. The molecule has 0 saturated carbocycles. The van der Waals surface area contributed by atoms with E-state index in [4.69, 9.17) is 28.3 Å². The zero-order valence-electron chi connectivity index (χ0n) is 11.3. The van der Waals surface area contributed by atoms with Crippen molar-refractivity contribution in [3.8, 4) is 5.75 Å². The van der Waals surface area contributed by atoms with Crippen molar-refractivity contribution in [1.29, 1.82) is 0 Å². The molecule has 0 radical (unpaired) electrons. The fourth-order valence-electron chi connectivity index (χ4n) is 1.74. The fraction of sp³-hybridized carbons (Fsp3) is 0.0714. The van der Waals surface area contributed by atoms with E-state index in [0.29, 0.717) is 10.7 Å². The van der Waals surface area contributed by atoms with Crippen molar-refractivity contribution in [2.24, 2.45) is 0 Å². The van der Waals surface area contributed by atoms with Crippen LogP contribution in [0.2, 0.25) is 10.0 Å². The first kappa shape index (κ1) is 16.6. The second-order valence-corrected chi connectivity index (χ2v) is 6.47. The van der Waals surface area contributed by atoms with Gasteiger partial charge in [-0.25, -0.2) is 9.00 Å². The van der Waals surface area contributed by atoms with E-state index in [2.05, 4.69) is 4.72 Å². The first-order valence-electron chi connectivity index (χ1n) is 6.00. The Hall–Kier alpha value is -1.76. The molecule has 1 unspecified atom stereocenters. The van der Waals surface area contributed by atoms with Crippen molar-refractivity contribution in [3.05, 3.63) is 51.5 Å². The van der Waals surface area contributed by atoms with Crippen LogP contribution in [0, 0.1) is 6.92 Å². The molecule has 0 amide bonds. The van der Waals surface area contributed by atoms with Crippen molar-refractivity contribution < 1.29 is 19.2 Å². The Labute approximate surface area is 139 Å². The Morgan fingerprint density at radius 1 is 1.23 bits per heavy atom. The van der Waals surface area contributed by atoms with Gasteiger partial charge in [0.15, 0.2) is 16.7 Å². The number of anilines is 1. The van der Waals surface area contributed by atoms with Gasteiger partial charge in [-0.2, -0.15) is 0 Å². The number of halogens is 2. The number of aromatic carboxylic acids is 1. The molecule has 0 spiro atoms. The number of carboxylic acid groups (broad SMARTS) is 1. The number of carbonyl (C=O) groups is 1. The number of nitrogens with one attached hydrogen (secondary N) is 1. The second kappa shape index (κ2) is 6.56. The Bertz CT molecular complexity index is 780. The maximum absolute atomic E-state index is 12.4. The van der Waals surface area contributed by atoms with E-state index in [1.807, 2.05) is 0 Å². The highest BCUT2D eigenvalue weighted by atomic mass is 35.5. The Kier molecular flexibility index (Phi) is 4.95. The molecule has 2 aromatic carbocycles. The van der Waals surface area contributed by atoms with Crippen LogP contribution in [0.15, 0.2) is 35.2 Å². The molecule has 0 aliphatic rings. The maximum Gasteiger partial charge on any atom is 0.335 e. The first-order valence-corrected chi connectivity index (χ1v) is 7.90. The zero-order chi connectivity index (χ0) is 16.4. The third-order valence-corrected chi connectivity index (χ3v) is 4.51. The molecule has 0 aliphatic carbocycles. The van der Waals surface area contributed by atoms with Crippen LogP contribution in [0.1, 0.15) is 15.9 Å². The molecule has 2 rings (SSSR count). The van der Waals surface area contributed by atoms with Gasteiger partial charge in [0.2, 0.25) is 0 Å². The number of carboxylic acids is 1. The van der Waals surface area contributed by atoms with E-state index >= 15 is 0 Å². The number of hydrogen-bond donors (Lipinski definition) is 3. The van der Waals surface area contributed by atoms with Crippen LogP contribution in [-0.4, -0.2) is 20.4 Å². The number of hydrogen-bond acceptors (Lipinski definition) is 3. The lowest BCUT2D eigenvalue weighted by Crippen LogP contribution is -2.08. The van der Waals surface area contributed by atoms with Crippen LogP contribution in [0.25, 0.3) is 0 Å². The van der Waals surface area contributed by atoms with Gasteiger partial charge in [-0.05, 0) is 42.8 Å². The van der Waals surface area contributed by atoms with Crippen LogP contribution >= 0.6 is 23.2 Å². The van der Waals surface area contributed by atoms with Gasteiger partial charge in [0.05, 0.1) is 10.6 Å². The van der Waals surface area contributed by atoms with Gasteiger partial charge in [0.25, 0.3) is 0 Å². The molecule has 8 heteroatoms. The molecule has 2 aromatic rings. The van der Waals surface area contributed by atoms with Crippen LogP contribution in [-0.2, 0) is 11.0 Å². The molecule has 0 fully saturated rings. The maximum atomic E-state index is 12.4. The summed E-state index contributed by atoms with van der Waals surface area (Å²) in [5.74, 6) is -1.66. The highest BCUT2D eigenvalue weighted by molar-refractivity contribution is 7.86. The number of benzene rings is 2. The molecule has 0 heterocycles. The number of phenols is 1. The molecule has 0 bridgehead atoms. The molecule has 0 aromatic heterocycles. The van der Waals surface area contributed by atoms with Crippen LogP contribution in [0.4, 0.5) is 5.69 Å². The van der Waals surface area contributed by atoms with Gasteiger partial charge in [-0.1, -0.05) is 23.2 Å². The highest BCUT2D eigenvalue weighted by Crippen LogP contribution is 2.32. The summed E-state index contributed by atoms with van der Waals surface area (Å²) >= 11 is 11.6. The molecular formula is C14H11Cl2NO4S. The van der Waals surface area contributed by atoms with E-state index < -0.39 is 22.7 Å². The Balaban J connectivity index is 2.39. The van der Waals surface area contributed by atoms with E-state index in [1.54, 1.807) is 25.1 Å². The van der Waals surface area contributed by atoms with Gasteiger partial charge in [0.1, 0.15) is 4.90 Å². The van der Waals surface area contributed by atoms with Gasteiger partial charge < -0.3 is 14.9 Å². The number of aryl methyl sites for hydroxylation is 1. The lowest BCUT2D eigenvalue weighted by atomic mass is 10.2. The molecule has 116 valence electrons. The summed E-state index contributed by atoms with van der Waals surface area (Å²) in [4.78, 5) is 10.9. The molecule has 0 aliphatic heterocycles. The summed E-state index contributed by atoms with van der Waals surface area (Å²) in [6, 6.07) is 7.14. The average Bonchev–Trinajstić information content (AvgIpc) is 2.44. The molecule has 5 nitrogen and oxygen atoms in total. The third-order valence-electron chi connectivity index (χ3n) is 2.87. The minimum Gasteiger partial charge on any atom is -0.505 e. The predicted octanol–water partition coefficient (Wildman–Crippen LogP) is 3.84. The van der Waals surface area contributed by atoms with Crippen LogP contribution in [0.5, 0.6) is 5.75 Å². The van der Waals surface area contributed by atoms with Crippen molar-refractivity contribution >= 4 is 45.8 Å². The molecule has 0 saturated heterocycles. The van der Waals surface area contributed by atoms with Crippen molar-refractivity contribution in [2.45, 2.75) is 11.8 Å². The summed E-state index contributed by atoms with van der Waals surface area (Å²) in [5, 5.41) is 19.2. The average molecular weight is 360 g/mol. The van der Waals surface area contributed by atoms with E-state index in [9.17, 15) is 14.1 Å². The van der Waals surface area contributed by atoms with Crippen molar-refractivity contribution in [1.82, 2.24) is 0 Å². The summed E-state index contributed by atoms with van der Waals surface area (Å²) in [6.07, 6.45) is 0. The summed E-state index contributed by atoms with van der Waals surface area (Å²) in [5.41, 5.74) is 1.13. The normalized spacial score (nSPS) is 12.0. The van der Waals surface area contributed by atoms with E-state index in [1.165, 1.54) is 0 Å². The Morgan fingerprint density at radius 2 is 1.91 bits per heavy atom. The van der Waals surface area contributed by atoms with Crippen molar-refractivity contribution in [2.75, 3.05) is 4.72 Å². The second-order valence-electron chi connectivity index (χ2n) is 4.44. The summed E-state index contributed by atoms with van der Waals surface area (Å²) < 4.78 is 15.0. The SMILES string of the molecule is Cc1cc(Cl)ccc1NS(=O)c1cc(C(=O)O)cc(Cl)c1O. The summed E-state index contributed by atoms with van der Waals surface area (Å²) in [6.45, 7) is 1.77.